The Hall–Kier alpha value is -1.20. The summed E-state index contributed by atoms with van der Waals surface area (Å²) in [7, 11) is 0. The highest BCUT2D eigenvalue weighted by Gasteiger charge is 2.18. The first kappa shape index (κ1) is 15.2. The second kappa shape index (κ2) is 5.66. The fourth-order valence-electron chi connectivity index (χ4n) is 1.55. The maximum atomic E-state index is 11.1. The van der Waals surface area contributed by atoms with Crippen LogP contribution in [-0.4, -0.2) is 16.1 Å². The van der Waals surface area contributed by atoms with Crippen LogP contribution < -0.4 is 5.73 Å². The lowest BCUT2D eigenvalue weighted by atomic mass is 10.1. The van der Waals surface area contributed by atoms with Crippen molar-refractivity contribution < 1.29 is 9.90 Å². The van der Waals surface area contributed by atoms with Gasteiger partial charge in [0.1, 0.15) is 0 Å². The largest absolute Gasteiger partial charge is 0.476 e. The lowest BCUT2D eigenvalue weighted by Crippen LogP contribution is -2.05. The Morgan fingerprint density at radius 1 is 1.10 bits per heavy atom. The minimum absolute atomic E-state index is 0.0798. The number of carbonyl (C=O) groups is 1. The first-order valence-corrected chi connectivity index (χ1v) is 6.67. The molecule has 104 valence electrons. The topological polar surface area (TPSA) is 76.2 Å². The molecule has 4 nitrogen and oxygen atoms in total. The highest BCUT2D eigenvalue weighted by Crippen LogP contribution is 2.38. The van der Waals surface area contributed by atoms with Crippen LogP contribution in [-0.2, 0) is 0 Å². The van der Waals surface area contributed by atoms with E-state index in [4.69, 9.17) is 57.2 Å². The Morgan fingerprint density at radius 2 is 1.75 bits per heavy atom. The van der Waals surface area contributed by atoms with Crippen LogP contribution in [0, 0.1) is 0 Å². The van der Waals surface area contributed by atoms with Crippen molar-refractivity contribution in [1.82, 2.24) is 4.98 Å². The Bertz CT molecular complexity index is 719. The molecule has 2 aromatic rings. The fourth-order valence-corrected chi connectivity index (χ4v) is 2.36. The zero-order valence-corrected chi connectivity index (χ0v) is 12.6. The Morgan fingerprint density at radius 3 is 2.35 bits per heavy atom. The van der Waals surface area contributed by atoms with Gasteiger partial charge in [-0.2, -0.15) is 0 Å². The summed E-state index contributed by atoms with van der Waals surface area (Å²) in [5.41, 5.74) is 6.05. The predicted molar refractivity (Wildman–Crippen MR) is 81.1 cm³/mol. The van der Waals surface area contributed by atoms with Gasteiger partial charge in [0.2, 0.25) is 0 Å². The molecule has 0 aliphatic rings. The molecule has 20 heavy (non-hydrogen) atoms. The first-order chi connectivity index (χ1) is 9.32. The molecule has 0 aliphatic heterocycles. The van der Waals surface area contributed by atoms with Gasteiger partial charge in [-0.3, -0.25) is 0 Å². The number of nitrogens with zero attached hydrogens (tertiary/aromatic N) is 1. The molecular weight excluding hydrogens is 346 g/mol. The number of aromatic carboxylic acids is 1. The summed E-state index contributed by atoms with van der Waals surface area (Å²) in [6, 6.07) is 4.51. The van der Waals surface area contributed by atoms with Gasteiger partial charge in [-0.05, 0) is 18.2 Å². The van der Waals surface area contributed by atoms with Crippen molar-refractivity contribution in [1.29, 1.82) is 0 Å². The van der Waals surface area contributed by atoms with Gasteiger partial charge in [-0.15, -0.1) is 0 Å². The summed E-state index contributed by atoms with van der Waals surface area (Å²) in [6.45, 7) is 0. The number of benzene rings is 1. The normalized spacial score (nSPS) is 10.6. The van der Waals surface area contributed by atoms with E-state index in [9.17, 15) is 4.79 Å². The highest BCUT2D eigenvalue weighted by molar-refractivity contribution is 6.49. The van der Waals surface area contributed by atoms with E-state index in [1.54, 1.807) is 6.07 Å². The Kier molecular flexibility index (Phi) is 4.30. The van der Waals surface area contributed by atoms with Gasteiger partial charge < -0.3 is 10.8 Å². The number of rotatable bonds is 2. The van der Waals surface area contributed by atoms with Crippen LogP contribution in [0.4, 0.5) is 5.69 Å². The number of carboxylic acids is 1. The van der Waals surface area contributed by atoms with Crippen molar-refractivity contribution in [3.8, 4) is 11.3 Å². The molecule has 3 N–H and O–H groups in total. The van der Waals surface area contributed by atoms with E-state index < -0.39 is 5.97 Å². The summed E-state index contributed by atoms with van der Waals surface area (Å²) in [5, 5.41) is 9.51. The molecular formula is C12H6Cl4N2O2. The zero-order valence-electron chi connectivity index (χ0n) is 9.62. The van der Waals surface area contributed by atoms with Crippen molar-refractivity contribution in [2.45, 2.75) is 0 Å². The van der Waals surface area contributed by atoms with Crippen LogP contribution in [0.2, 0.25) is 20.1 Å². The van der Waals surface area contributed by atoms with Gasteiger partial charge in [0, 0.05) is 5.56 Å². The second-order valence-corrected chi connectivity index (χ2v) is 5.33. The number of carboxylic acid groups (broad SMARTS) is 1. The maximum Gasteiger partial charge on any atom is 0.356 e. The van der Waals surface area contributed by atoms with E-state index in [-0.39, 0.29) is 37.2 Å². The van der Waals surface area contributed by atoms with Gasteiger partial charge >= 0.3 is 5.97 Å². The maximum absolute atomic E-state index is 11.1. The first-order valence-electron chi connectivity index (χ1n) is 5.16. The average Bonchev–Trinajstić information content (AvgIpc) is 2.39. The number of halogens is 4. The number of aromatic nitrogens is 1. The summed E-state index contributed by atoms with van der Waals surface area (Å²) in [4.78, 5) is 15.0. The molecule has 0 radical (unpaired) electrons. The molecule has 0 atom stereocenters. The standard InChI is InChI=1S/C12H6Cl4N2O2/c13-5-2-1-4(8(14)9(5)15)7-3-6(17)10(16)11(18-7)12(19)20/h1-3H,(H2,17,18)(H,19,20). The predicted octanol–water partition coefficient (Wildman–Crippen LogP) is 4.64. The molecule has 0 spiro atoms. The van der Waals surface area contributed by atoms with E-state index in [0.29, 0.717) is 5.56 Å². The van der Waals surface area contributed by atoms with Crippen molar-refractivity contribution in [2.24, 2.45) is 0 Å². The molecule has 0 saturated heterocycles. The van der Waals surface area contributed by atoms with Crippen LogP contribution >= 0.6 is 46.4 Å². The number of pyridine rings is 1. The van der Waals surface area contributed by atoms with Gasteiger partial charge in [0.05, 0.1) is 31.5 Å². The third kappa shape index (κ3) is 2.65. The summed E-state index contributed by atoms with van der Waals surface area (Å²) in [5.74, 6) is -1.29. The van der Waals surface area contributed by atoms with Gasteiger partial charge in [0.25, 0.3) is 0 Å². The smallest absolute Gasteiger partial charge is 0.356 e. The van der Waals surface area contributed by atoms with E-state index in [2.05, 4.69) is 4.98 Å². The average molecular weight is 352 g/mol. The van der Waals surface area contributed by atoms with Crippen molar-refractivity contribution in [3.63, 3.8) is 0 Å². The lowest BCUT2D eigenvalue weighted by molar-refractivity contribution is 0.0691. The highest BCUT2D eigenvalue weighted by atomic mass is 35.5. The molecule has 1 aromatic heterocycles. The van der Waals surface area contributed by atoms with Gasteiger partial charge in [-0.1, -0.05) is 46.4 Å². The number of nitrogens with two attached hydrogens (primary N) is 1. The van der Waals surface area contributed by atoms with Crippen LogP contribution in [0.1, 0.15) is 10.5 Å². The fraction of sp³-hybridized carbons (Fsp3) is 0. The number of nitrogen functional groups attached to an aromatic ring is 1. The molecule has 0 amide bonds. The quantitative estimate of drug-likeness (QED) is 0.772. The third-order valence-electron chi connectivity index (χ3n) is 2.50. The molecule has 0 unspecified atom stereocenters. The number of hydrogen-bond acceptors (Lipinski definition) is 3. The molecule has 1 aromatic carbocycles. The lowest BCUT2D eigenvalue weighted by Gasteiger charge is -2.10. The monoisotopic (exact) mass is 350 g/mol. The van der Waals surface area contributed by atoms with Crippen LogP contribution in [0.15, 0.2) is 18.2 Å². The van der Waals surface area contributed by atoms with E-state index in [1.807, 2.05) is 0 Å². The molecule has 0 fully saturated rings. The molecule has 0 aliphatic carbocycles. The van der Waals surface area contributed by atoms with Crippen LogP contribution in [0.3, 0.4) is 0 Å². The molecule has 8 heteroatoms. The van der Waals surface area contributed by atoms with Crippen LogP contribution in [0.5, 0.6) is 0 Å². The van der Waals surface area contributed by atoms with E-state index in [0.717, 1.165) is 0 Å². The van der Waals surface area contributed by atoms with Crippen molar-refractivity contribution >= 4 is 58.1 Å². The molecule has 0 saturated carbocycles. The van der Waals surface area contributed by atoms with Crippen molar-refractivity contribution in [3.05, 3.63) is 44.0 Å². The summed E-state index contributed by atoms with van der Waals surface area (Å²) < 4.78 is 0. The zero-order chi connectivity index (χ0) is 15.0. The number of anilines is 1. The minimum Gasteiger partial charge on any atom is -0.476 e. The second-order valence-electron chi connectivity index (χ2n) is 3.79. The Labute approximate surface area is 134 Å². The third-order valence-corrected chi connectivity index (χ3v) is 4.19. The Balaban J connectivity index is 2.71. The van der Waals surface area contributed by atoms with Gasteiger partial charge in [-0.25, -0.2) is 9.78 Å². The van der Waals surface area contributed by atoms with Gasteiger partial charge in [0.15, 0.2) is 5.69 Å². The van der Waals surface area contributed by atoms with Crippen LogP contribution in [0.25, 0.3) is 11.3 Å². The summed E-state index contributed by atoms with van der Waals surface area (Å²) >= 11 is 23.7. The number of hydrogen-bond donors (Lipinski definition) is 2. The van der Waals surface area contributed by atoms with E-state index in [1.165, 1.54) is 12.1 Å². The summed E-state index contributed by atoms with van der Waals surface area (Å²) in [6.07, 6.45) is 0. The van der Waals surface area contributed by atoms with E-state index >= 15 is 0 Å². The molecule has 0 bridgehead atoms. The minimum atomic E-state index is -1.29. The molecule has 2 rings (SSSR count). The SMILES string of the molecule is Nc1cc(-c2ccc(Cl)c(Cl)c2Cl)nc(C(=O)O)c1Cl. The van der Waals surface area contributed by atoms with Crippen molar-refractivity contribution in [2.75, 3.05) is 5.73 Å². The molecule has 1 heterocycles.